The van der Waals surface area contributed by atoms with E-state index in [1.165, 1.54) is 0 Å². The first-order chi connectivity index (χ1) is 8.19. The van der Waals surface area contributed by atoms with Crippen molar-refractivity contribution in [1.82, 2.24) is 9.97 Å². The Bertz CT molecular complexity index is 531. The van der Waals surface area contributed by atoms with Crippen LogP contribution in [0.2, 0.25) is 0 Å². The molecule has 1 aromatic heterocycles. The van der Waals surface area contributed by atoms with Gasteiger partial charge in [0.2, 0.25) is 5.88 Å². The summed E-state index contributed by atoms with van der Waals surface area (Å²) in [6.45, 7) is 2.35. The van der Waals surface area contributed by atoms with Crippen molar-refractivity contribution in [2.24, 2.45) is 5.73 Å². The van der Waals surface area contributed by atoms with E-state index in [9.17, 15) is 0 Å². The smallest absolute Gasteiger partial charge is 0.238 e. The van der Waals surface area contributed by atoms with Crippen LogP contribution >= 0.6 is 15.9 Å². The first-order valence-corrected chi connectivity index (χ1v) is 5.93. The number of aryl methyl sites for hydroxylation is 1. The highest BCUT2D eigenvalue weighted by molar-refractivity contribution is 9.10. The first-order valence-electron chi connectivity index (χ1n) is 5.14. The minimum absolute atomic E-state index is 0.351. The quantitative estimate of drug-likeness (QED) is 0.945. The van der Waals surface area contributed by atoms with Crippen molar-refractivity contribution >= 4 is 15.9 Å². The molecule has 0 saturated carbocycles. The molecule has 0 amide bonds. The van der Waals surface area contributed by atoms with E-state index >= 15 is 0 Å². The molecule has 88 valence electrons. The number of rotatable bonds is 3. The largest absolute Gasteiger partial charge is 0.437 e. The molecule has 0 fully saturated rings. The second kappa shape index (κ2) is 5.25. The lowest BCUT2D eigenvalue weighted by molar-refractivity contribution is 0.457. The molecule has 4 nitrogen and oxygen atoms in total. The third kappa shape index (κ3) is 3.01. The predicted octanol–water partition coefficient (Wildman–Crippen LogP) is 2.80. The molecule has 1 aromatic carbocycles. The third-order valence-corrected chi connectivity index (χ3v) is 3.11. The van der Waals surface area contributed by atoms with Crippen LogP contribution in [0.4, 0.5) is 0 Å². The van der Waals surface area contributed by atoms with Crippen LogP contribution in [-0.2, 0) is 6.54 Å². The van der Waals surface area contributed by atoms with Gasteiger partial charge in [0, 0.05) is 17.2 Å². The molecule has 0 bridgehead atoms. The molecule has 0 unspecified atom stereocenters. The summed E-state index contributed by atoms with van der Waals surface area (Å²) in [5.41, 5.74) is 7.30. The number of benzene rings is 1. The topological polar surface area (TPSA) is 61.0 Å². The van der Waals surface area contributed by atoms with E-state index < -0.39 is 0 Å². The van der Waals surface area contributed by atoms with Gasteiger partial charge in [0.25, 0.3) is 0 Å². The molecule has 17 heavy (non-hydrogen) atoms. The summed E-state index contributed by atoms with van der Waals surface area (Å²) in [6, 6.07) is 5.74. The van der Waals surface area contributed by atoms with Gasteiger partial charge < -0.3 is 10.5 Å². The molecular weight excluding hydrogens is 282 g/mol. The average Bonchev–Trinajstić information content (AvgIpc) is 2.34. The fourth-order valence-electron chi connectivity index (χ4n) is 1.34. The van der Waals surface area contributed by atoms with Crippen molar-refractivity contribution < 1.29 is 4.74 Å². The van der Waals surface area contributed by atoms with E-state index in [2.05, 4.69) is 25.9 Å². The molecular formula is C12H12BrN3O. The SMILES string of the molecule is Cc1cc(Oc2cncc(CN)n2)ccc1Br. The second-order valence-corrected chi connectivity index (χ2v) is 4.42. The van der Waals surface area contributed by atoms with Crippen LogP contribution in [0, 0.1) is 6.92 Å². The maximum absolute atomic E-state index is 5.61. The number of ether oxygens (including phenoxy) is 1. The number of hydrogen-bond donors (Lipinski definition) is 1. The summed E-state index contributed by atoms with van der Waals surface area (Å²) in [7, 11) is 0. The summed E-state index contributed by atoms with van der Waals surface area (Å²) in [5.74, 6) is 1.18. The number of aromatic nitrogens is 2. The molecule has 1 heterocycles. The van der Waals surface area contributed by atoms with Gasteiger partial charge in [-0.15, -0.1) is 0 Å². The Hall–Kier alpha value is -1.46. The van der Waals surface area contributed by atoms with Gasteiger partial charge in [-0.1, -0.05) is 15.9 Å². The molecule has 0 spiro atoms. The van der Waals surface area contributed by atoms with Gasteiger partial charge in [0.1, 0.15) is 5.75 Å². The number of nitrogens with zero attached hydrogens (tertiary/aromatic N) is 2. The van der Waals surface area contributed by atoms with Crippen molar-refractivity contribution in [3.8, 4) is 11.6 Å². The molecule has 0 radical (unpaired) electrons. The van der Waals surface area contributed by atoms with Gasteiger partial charge in [0.05, 0.1) is 11.9 Å². The van der Waals surface area contributed by atoms with Crippen LogP contribution in [0.25, 0.3) is 0 Å². The standard InChI is InChI=1S/C12H12BrN3O/c1-8-4-10(2-3-11(8)13)17-12-7-15-6-9(5-14)16-12/h2-4,6-7H,5,14H2,1H3. The van der Waals surface area contributed by atoms with Gasteiger partial charge in [0.15, 0.2) is 0 Å². The van der Waals surface area contributed by atoms with E-state index in [1.54, 1.807) is 12.4 Å². The number of halogens is 1. The summed E-state index contributed by atoms with van der Waals surface area (Å²) in [5, 5.41) is 0. The minimum Gasteiger partial charge on any atom is -0.437 e. The molecule has 0 atom stereocenters. The molecule has 0 aliphatic rings. The van der Waals surface area contributed by atoms with Gasteiger partial charge in [-0.05, 0) is 30.7 Å². The maximum atomic E-state index is 5.61. The van der Waals surface area contributed by atoms with Crippen LogP contribution in [0.15, 0.2) is 35.1 Å². The zero-order valence-electron chi connectivity index (χ0n) is 9.35. The van der Waals surface area contributed by atoms with E-state index in [0.29, 0.717) is 18.1 Å². The minimum atomic E-state index is 0.351. The number of nitrogens with two attached hydrogens (primary N) is 1. The summed E-state index contributed by atoms with van der Waals surface area (Å²) >= 11 is 3.44. The molecule has 2 N–H and O–H groups in total. The van der Waals surface area contributed by atoms with Gasteiger partial charge >= 0.3 is 0 Å². The van der Waals surface area contributed by atoms with Gasteiger partial charge in [-0.2, -0.15) is 0 Å². The van der Waals surface area contributed by atoms with E-state index in [1.807, 2.05) is 25.1 Å². The van der Waals surface area contributed by atoms with Crippen molar-refractivity contribution in [2.75, 3.05) is 0 Å². The highest BCUT2D eigenvalue weighted by Gasteiger charge is 2.02. The van der Waals surface area contributed by atoms with E-state index in [4.69, 9.17) is 10.5 Å². The lowest BCUT2D eigenvalue weighted by Crippen LogP contribution is -2.01. The molecule has 2 aromatic rings. The first kappa shape index (κ1) is 12.0. The van der Waals surface area contributed by atoms with Crippen molar-refractivity contribution in [2.45, 2.75) is 13.5 Å². The normalized spacial score (nSPS) is 10.3. The van der Waals surface area contributed by atoms with Crippen molar-refractivity contribution in [1.29, 1.82) is 0 Å². The van der Waals surface area contributed by atoms with Crippen LogP contribution in [-0.4, -0.2) is 9.97 Å². The summed E-state index contributed by atoms with van der Waals surface area (Å²) in [4.78, 5) is 8.23. The number of hydrogen-bond acceptors (Lipinski definition) is 4. The summed E-state index contributed by atoms with van der Waals surface area (Å²) < 4.78 is 6.65. The van der Waals surface area contributed by atoms with Crippen LogP contribution < -0.4 is 10.5 Å². The maximum Gasteiger partial charge on any atom is 0.238 e. The predicted molar refractivity (Wildman–Crippen MR) is 68.9 cm³/mol. The second-order valence-electron chi connectivity index (χ2n) is 3.57. The van der Waals surface area contributed by atoms with Crippen LogP contribution in [0.5, 0.6) is 11.6 Å². The lowest BCUT2D eigenvalue weighted by atomic mass is 10.2. The van der Waals surface area contributed by atoms with Crippen molar-refractivity contribution in [3.05, 3.63) is 46.3 Å². The Morgan fingerprint density at radius 3 is 2.88 bits per heavy atom. The Morgan fingerprint density at radius 2 is 2.18 bits per heavy atom. The van der Waals surface area contributed by atoms with Crippen LogP contribution in [0.1, 0.15) is 11.3 Å². The third-order valence-electron chi connectivity index (χ3n) is 2.22. The highest BCUT2D eigenvalue weighted by Crippen LogP contribution is 2.24. The Labute approximate surface area is 108 Å². The van der Waals surface area contributed by atoms with E-state index in [0.717, 1.165) is 15.8 Å². The van der Waals surface area contributed by atoms with Gasteiger partial charge in [-0.25, -0.2) is 4.98 Å². The monoisotopic (exact) mass is 293 g/mol. The Morgan fingerprint density at radius 1 is 1.35 bits per heavy atom. The fourth-order valence-corrected chi connectivity index (χ4v) is 1.58. The Balaban J connectivity index is 2.22. The molecule has 5 heteroatoms. The zero-order chi connectivity index (χ0) is 12.3. The van der Waals surface area contributed by atoms with Crippen LogP contribution in [0.3, 0.4) is 0 Å². The van der Waals surface area contributed by atoms with Gasteiger partial charge in [-0.3, -0.25) is 4.98 Å². The molecule has 0 aliphatic heterocycles. The highest BCUT2D eigenvalue weighted by atomic mass is 79.9. The molecule has 0 aliphatic carbocycles. The van der Waals surface area contributed by atoms with Crippen molar-refractivity contribution in [3.63, 3.8) is 0 Å². The summed E-state index contributed by atoms with van der Waals surface area (Å²) in [6.07, 6.45) is 3.19. The fraction of sp³-hybridized carbons (Fsp3) is 0.167. The Kier molecular flexibility index (Phi) is 3.71. The average molecular weight is 294 g/mol. The molecule has 0 saturated heterocycles. The zero-order valence-corrected chi connectivity index (χ0v) is 10.9. The molecule has 2 rings (SSSR count). The van der Waals surface area contributed by atoms with E-state index in [-0.39, 0.29) is 0 Å². The lowest BCUT2D eigenvalue weighted by Gasteiger charge is -2.06.